The van der Waals surface area contributed by atoms with Gasteiger partial charge in [0.1, 0.15) is 6.54 Å². The smallest absolute Gasteiger partial charge is 0.240 e. The minimum absolute atomic E-state index is 0.146. The van der Waals surface area contributed by atoms with Crippen molar-refractivity contribution < 1.29 is 13.2 Å². The predicted octanol–water partition coefficient (Wildman–Crippen LogP) is 3.50. The lowest BCUT2D eigenvalue weighted by Gasteiger charge is -2.23. The van der Waals surface area contributed by atoms with Gasteiger partial charge in [-0.3, -0.25) is 9.10 Å². The first kappa shape index (κ1) is 21.0. The molecule has 5 nitrogen and oxygen atoms in total. The lowest BCUT2D eigenvalue weighted by atomic mass is 10.0. The number of carbonyl (C=O) groups is 1. The summed E-state index contributed by atoms with van der Waals surface area (Å²) in [5.41, 5.74) is 2.74. The molecule has 0 saturated carbocycles. The number of sulfonamides is 1. The molecular weight excluding hydrogens is 360 g/mol. The number of carbonyl (C=O) groups excluding carboxylic acids is 1. The molecule has 0 aliphatic heterocycles. The molecule has 1 amide bonds. The zero-order valence-corrected chi connectivity index (χ0v) is 17.2. The minimum atomic E-state index is -3.56. The minimum Gasteiger partial charge on any atom is -0.354 e. The van der Waals surface area contributed by atoms with Crippen LogP contribution in [0.3, 0.4) is 0 Å². The topological polar surface area (TPSA) is 66.5 Å². The second kappa shape index (κ2) is 9.04. The summed E-state index contributed by atoms with van der Waals surface area (Å²) >= 11 is 0. The Kier molecular flexibility index (Phi) is 7.02. The maximum absolute atomic E-state index is 12.4. The Morgan fingerprint density at radius 1 is 0.963 bits per heavy atom. The van der Waals surface area contributed by atoms with Crippen molar-refractivity contribution >= 4 is 21.6 Å². The molecule has 6 heteroatoms. The standard InChI is InChI=1S/C21H28N2O3S/c1-16(2)18-10-12-20(13-11-18)23(27(4,25)26)15-21(24)22-14-17(3)19-8-6-5-7-9-19/h5-13,16-17H,14-15H2,1-4H3,(H,22,24)/t17-/m1/s1. The number of anilines is 1. The van der Waals surface area contributed by atoms with Crippen LogP contribution in [0.4, 0.5) is 5.69 Å². The van der Waals surface area contributed by atoms with Gasteiger partial charge in [-0.05, 0) is 35.1 Å². The predicted molar refractivity (Wildman–Crippen MR) is 111 cm³/mol. The van der Waals surface area contributed by atoms with Gasteiger partial charge in [0.05, 0.1) is 11.9 Å². The van der Waals surface area contributed by atoms with Crippen molar-refractivity contribution in [3.8, 4) is 0 Å². The van der Waals surface area contributed by atoms with E-state index in [0.717, 1.165) is 21.7 Å². The Morgan fingerprint density at radius 2 is 1.56 bits per heavy atom. The van der Waals surface area contributed by atoms with E-state index in [9.17, 15) is 13.2 Å². The highest BCUT2D eigenvalue weighted by Gasteiger charge is 2.21. The number of benzene rings is 2. The van der Waals surface area contributed by atoms with Crippen molar-refractivity contribution in [1.29, 1.82) is 0 Å². The molecule has 0 radical (unpaired) electrons. The Bertz CT molecular complexity index is 847. The van der Waals surface area contributed by atoms with Crippen LogP contribution in [0.25, 0.3) is 0 Å². The lowest BCUT2D eigenvalue weighted by molar-refractivity contribution is -0.119. The fourth-order valence-corrected chi connectivity index (χ4v) is 3.63. The van der Waals surface area contributed by atoms with E-state index < -0.39 is 10.0 Å². The van der Waals surface area contributed by atoms with Gasteiger partial charge in [0.25, 0.3) is 0 Å². The monoisotopic (exact) mass is 388 g/mol. The van der Waals surface area contributed by atoms with Crippen molar-refractivity contribution in [3.05, 3.63) is 65.7 Å². The van der Waals surface area contributed by atoms with Gasteiger partial charge in [-0.2, -0.15) is 0 Å². The molecule has 2 aromatic carbocycles. The fourth-order valence-electron chi connectivity index (χ4n) is 2.78. The third-order valence-electron chi connectivity index (χ3n) is 4.51. The first-order valence-electron chi connectivity index (χ1n) is 9.07. The van der Waals surface area contributed by atoms with E-state index in [4.69, 9.17) is 0 Å². The van der Waals surface area contributed by atoms with E-state index >= 15 is 0 Å². The number of amides is 1. The van der Waals surface area contributed by atoms with E-state index in [0.29, 0.717) is 18.2 Å². The maximum atomic E-state index is 12.4. The molecule has 0 heterocycles. The molecule has 1 N–H and O–H groups in total. The van der Waals surface area contributed by atoms with Crippen LogP contribution in [0.5, 0.6) is 0 Å². The third-order valence-corrected chi connectivity index (χ3v) is 5.65. The first-order chi connectivity index (χ1) is 12.7. The van der Waals surface area contributed by atoms with Crippen molar-refractivity contribution in [2.75, 3.05) is 23.7 Å². The average molecular weight is 389 g/mol. The second-order valence-corrected chi connectivity index (χ2v) is 9.04. The van der Waals surface area contributed by atoms with Gasteiger partial charge < -0.3 is 5.32 Å². The molecule has 0 saturated heterocycles. The molecule has 27 heavy (non-hydrogen) atoms. The van der Waals surface area contributed by atoms with Gasteiger partial charge in [-0.1, -0.05) is 63.2 Å². The molecule has 2 aromatic rings. The van der Waals surface area contributed by atoms with E-state index in [1.54, 1.807) is 12.1 Å². The van der Waals surface area contributed by atoms with Gasteiger partial charge in [0.2, 0.25) is 15.9 Å². The summed E-state index contributed by atoms with van der Waals surface area (Å²) in [6, 6.07) is 17.2. The third kappa shape index (κ3) is 6.10. The van der Waals surface area contributed by atoms with Crippen molar-refractivity contribution in [3.63, 3.8) is 0 Å². The Labute approximate surface area is 162 Å². The molecule has 0 aromatic heterocycles. The van der Waals surface area contributed by atoms with E-state index in [1.807, 2.05) is 49.4 Å². The Hall–Kier alpha value is -2.34. The van der Waals surface area contributed by atoms with Crippen molar-refractivity contribution in [2.24, 2.45) is 0 Å². The SMILES string of the molecule is CC(C)c1ccc(N(CC(=O)NC[C@@H](C)c2ccccc2)S(C)(=O)=O)cc1. The molecule has 0 aliphatic carbocycles. The number of nitrogens with zero attached hydrogens (tertiary/aromatic N) is 1. The van der Waals surface area contributed by atoms with Crippen LogP contribution in [0.1, 0.15) is 43.7 Å². The zero-order chi connectivity index (χ0) is 20.0. The van der Waals surface area contributed by atoms with Gasteiger partial charge in [-0.15, -0.1) is 0 Å². The summed E-state index contributed by atoms with van der Waals surface area (Å²) in [7, 11) is -3.56. The Balaban J connectivity index is 2.04. The number of hydrogen-bond donors (Lipinski definition) is 1. The highest BCUT2D eigenvalue weighted by molar-refractivity contribution is 7.92. The molecule has 1 atom stereocenters. The van der Waals surface area contributed by atoms with Crippen LogP contribution in [-0.2, 0) is 14.8 Å². The van der Waals surface area contributed by atoms with E-state index in [-0.39, 0.29) is 18.4 Å². The van der Waals surface area contributed by atoms with Crippen LogP contribution >= 0.6 is 0 Å². The number of nitrogens with one attached hydrogen (secondary N) is 1. The van der Waals surface area contributed by atoms with E-state index in [1.165, 1.54) is 0 Å². The summed E-state index contributed by atoms with van der Waals surface area (Å²) in [6.45, 7) is 6.39. The lowest BCUT2D eigenvalue weighted by Crippen LogP contribution is -2.41. The van der Waals surface area contributed by atoms with Crippen LogP contribution in [-0.4, -0.2) is 33.7 Å². The summed E-state index contributed by atoms with van der Waals surface area (Å²) < 4.78 is 25.5. The normalized spacial score (nSPS) is 12.6. The highest BCUT2D eigenvalue weighted by Crippen LogP contribution is 2.22. The molecule has 2 rings (SSSR count). The Morgan fingerprint density at radius 3 is 2.07 bits per heavy atom. The second-order valence-electron chi connectivity index (χ2n) is 7.13. The number of rotatable bonds is 8. The fraction of sp³-hybridized carbons (Fsp3) is 0.381. The molecule has 0 unspecified atom stereocenters. The first-order valence-corrected chi connectivity index (χ1v) is 10.9. The zero-order valence-electron chi connectivity index (χ0n) is 16.3. The maximum Gasteiger partial charge on any atom is 0.240 e. The van der Waals surface area contributed by atoms with Crippen LogP contribution in [0.2, 0.25) is 0 Å². The van der Waals surface area contributed by atoms with Gasteiger partial charge >= 0.3 is 0 Å². The van der Waals surface area contributed by atoms with Gasteiger partial charge in [-0.25, -0.2) is 8.42 Å². The molecule has 0 fully saturated rings. The molecule has 0 spiro atoms. The summed E-state index contributed by atoms with van der Waals surface area (Å²) in [4.78, 5) is 12.4. The summed E-state index contributed by atoms with van der Waals surface area (Å²) in [5, 5.41) is 2.84. The summed E-state index contributed by atoms with van der Waals surface area (Å²) in [5.74, 6) is 0.178. The largest absolute Gasteiger partial charge is 0.354 e. The average Bonchev–Trinajstić information content (AvgIpc) is 2.64. The van der Waals surface area contributed by atoms with Crippen molar-refractivity contribution in [1.82, 2.24) is 5.32 Å². The van der Waals surface area contributed by atoms with Crippen molar-refractivity contribution in [2.45, 2.75) is 32.6 Å². The molecule has 0 bridgehead atoms. The van der Waals surface area contributed by atoms with Crippen LogP contribution < -0.4 is 9.62 Å². The molecular formula is C21H28N2O3S. The quantitative estimate of drug-likeness (QED) is 0.753. The van der Waals surface area contributed by atoms with Gasteiger partial charge in [0, 0.05) is 6.54 Å². The number of hydrogen-bond acceptors (Lipinski definition) is 3. The van der Waals surface area contributed by atoms with E-state index in [2.05, 4.69) is 19.2 Å². The molecule has 0 aliphatic rings. The van der Waals surface area contributed by atoms with Gasteiger partial charge in [0.15, 0.2) is 0 Å². The summed E-state index contributed by atoms with van der Waals surface area (Å²) in [6.07, 6.45) is 1.11. The highest BCUT2D eigenvalue weighted by atomic mass is 32.2. The molecule has 146 valence electrons. The van der Waals surface area contributed by atoms with Crippen LogP contribution in [0.15, 0.2) is 54.6 Å². The van der Waals surface area contributed by atoms with Crippen LogP contribution in [0, 0.1) is 0 Å².